The van der Waals surface area contributed by atoms with E-state index in [1.54, 1.807) is 0 Å². The number of nitrogens with zero attached hydrogens (tertiary/aromatic N) is 4. The van der Waals surface area contributed by atoms with Crippen LogP contribution in [0.5, 0.6) is 0 Å². The lowest BCUT2D eigenvalue weighted by atomic mass is 9.35. The number of aryl methyl sites for hydroxylation is 4. The van der Waals surface area contributed by atoms with Gasteiger partial charge in [0.05, 0.1) is 11.0 Å². The van der Waals surface area contributed by atoms with Crippen molar-refractivity contribution in [2.45, 2.75) is 47.3 Å². The molecule has 0 aliphatic carbocycles. The van der Waals surface area contributed by atoms with Gasteiger partial charge in [-0.25, -0.2) is 0 Å². The molecule has 0 fully saturated rings. The van der Waals surface area contributed by atoms with Gasteiger partial charge in [-0.05, 0) is 159 Å². The standard InChI is InChI=1S/C70H48B2N4S2/c1-41-17-25-45(26-18-41)73(46-27-19-42(2)20-28-46)49-33-35-55-65(37-49)77-63-15-7-13-59-67(63)71(55)57-11-5-9-51-53-39-54-52-10-6-12-58-70(52)76(62(54)40-61(53)75(59)69(51)57)60-14-8-16-64-68(60)72(58)56-36-34-50(38-66(56)78-64)74(47-29-21-43(3)22-30-47)48-31-23-44(4)24-32-48/h5-40H,1-4H3. The van der Waals surface area contributed by atoms with Gasteiger partial charge in [0.15, 0.2) is 0 Å². The minimum absolute atomic E-state index is 0.101. The highest BCUT2D eigenvalue weighted by atomic mass is 32.2. The Bertz CT molecular complexity index is 4340. The zero-order valence-electron chi connectivity index (χ0n) is 43.5. The number of fused-ring (bicyclic) bond motifs is 14. The largest absolute Gasteiger partial charge is 0.310 e. The van der Waals surface area contributed by atoms with Crippen LogP contribution in [0.3, 0.4) is 0 Å². The zero-order chi connectivity index (χ0) is 51.7. The van der Waals surface area contributed by atoms with Crippen LogP contribution in [-0.2, 0) is 0 Å². The van der Waals surface area contributed by atoms with Crippen molar-refractivity contribution in [1.29, 1.82) is 0 Å². The highest BCUT2D eigenvalue weighted by Gasteiger charge is 2.42. The molecule has 0 radical (unpaired) electrons. The molecule has 0 bridgehead atoms. The fourth-order valence-corrected chi connectivity index (χ4v) is 16.1. The second kappa shape index (κ2) is 16.5. The minimum atomic E-state index is 0.101. The molecule has 0 N–H and O–H groups in total. The fraction of sp³-hybridized carbons (Fsp3) is 0.0571. The summed E-state index contributed by atoms with van der Waals surface area (Å²) < 4.78 is 5.23. The van der Waals surface area contributed by atoms with Crippen molar-refractivity contribution in [1.82, 2.24) is 9.13 Å². The van der Waals surface area contributed by atoms with E-state index in [-0.39, 0.29) is 13.4 Å². The predicted molar refractivity (Wildman–Crippen MR) is 334 cm³/mol. The van der Waals surface area contributed by atoms with Gasteiger partial charge in [0.2, 0.25) is 13.4 Å². The Morgan fingerprint density at radius 1 is 0.308 bits per heavy atom. The molecule has 11 aromatic carbocycles. The third kappa shape index (κ3) is 6.30. The average molecular weight is 1030 g/mol. The van der Waals surface area contributed by atoms with Crippen LogP contribution in [-0.4, -0.2) is 22.6 Å². The first-order valence-electron chi connectivity index (χ1n) is 27.1. The average Bonchev–Trinajstić information content (AvgIpc) is 2.82. The number of benzene rings is 11. The molecule has 6 heterocycles. The topological polar surface area (TPSA) is 16.3 Å². The molecular weight excluding hydrogens is 983 g/mol. The second-order valence-corrected chi connectivity index (χ2v) is 24.1. The third-order valence-electron chi connectivity index (χ3n) is 17.3. The van der Waals surface area contributed by atoms with Crippen molar-refractivity contribution in [3.63, 3.8) is 0 Å². The quantitative estimate of drug-likeness (QED) is 0.154. The molecule has 4 aliphatic heterocycles. The van der Waals surface area contributed by atoms with Crippen LogP contribution in [0.2, 0.25) is 0 Å². The maximum Gasteiger partial charge on any atom is 0.249 e. The van der Waals surface area contributed by atoms with Gasteiger partial charge in [0.1, 0.15) is 0 Å². The lowest BCUT2D eigenvalue weighted by molar-refractivity contribution is 1.16. The summed E-state index contributed by atoms with van der Waals surface area (Å²) in [7, 11) is 0. The summed E-state index contributed by atoms with van der Waals surface area (Å²) in [5, 5.41) is 5.20. The van der Waals surface area contributed by atoms with Gasteiger partial charge < -0.3 is 18.9 Å². The molecule has 366 valence electrons. The summed E-state index contributed by atoms with van der Waals surface area (Å²) >= 11 is 3.84. The van der Waals surface area contributed by atoms with Crippen molar-refractivity contribution in [2.75, 3.05) is 9.80 Å². The maximum atomic E-state index is 2.61. The first-order valence-corrected chi connectivity index (χ1v) is 28.8. The number of para-hydroxylation sites is 2. The normalized spacial score (nSPS) is 13.2. The van der Waals surface area contributed by atoms with Gasteiger partial charge in [0.25, 0.3) is 0 Å². The van der Waals surface area contributed by atoms with Crippen LogP contribution in [0.15, 0.2) is 238 Å². The first kappa shape index (κ1) is 44.6. The van der Waals surface area contributed by atoms with Crippen LogP contribution in [0, 0.1) is 27.7 Å². The van der Waals surface area contributed by atoms with Gasteiger partial charge in [-0.3, -0.25) is 0 Å². The van der Waals surface area contributed by atoms with Crippen molar-refractivity contribution in [3.8, 4) is 11.4 Å². The van der Waals surface area contributed by atoms with E-state index in [0.717, 1.165) is 34.1 Å². The number of hydrogen-bond donors (Lipinski definition) is 0. The minimum Gasteiger partial charge on any atom is -0.310 e. The lowest BCUT2D eigenvalue weighted by Gasteiger charge is -2.34. The fourth-order valence-electron chi connectivity index (χ4n) is 13.7. The zero-order valence-corrected chi connectivity index (χ0v) is 45.2. The Labute approximate surface area is 462 Å². The van der Waals surface area contributed by atoms with Crippen molar-refractivity contribution in [3.05, 3.63) is 241 Å². The molecule has 0 saturated carbocycles. The molecule has 4 aliphatic rings. The molecule has 0 spiro atoms. The van der Waals surface area contributed by atoms with Crippen LogP contribution >= 0.6 is 23.5 Å². The summed E-state index contributed by atoms with van der Waals surface area (Å²) in [5.41, 5.74) is 27.9. The second-order valence-electron chi connectivity index (χ2n) is 21.9. The summed E-state index contributed by atoms with van der Waals surface area (Å²) in [6.07, 6.45) is 0. The molecule has 0 unspecified atom stereocenters. The third-order valence-corrected chi connectivity index (χ3v) is 19.6. The monoisotopic (exact) mass is 1030 g/mol. The number of rotatable bonds is 6. The smallest absolute Gasteiger partial charge is 0.249 e. The van der Waals surface area contributed by atoms with Crippen molar-refractivity contribution >= 4 is 147 Å². The molecule has 13 aromatic rings. The van der Waals surface area contributed by atoms with E-state index in [0.29, 0.717) is 0 Å². The van der Waals surface area contributed by atoms with E-state index in [1.165, 1.54) is 130 Å². The number of anilines is 6. The summed E-state index contributed by atoms with van der Waals surface area (Å²) in [4.78, 5) is 10.1. The van der Waals surface area contributed by atoms with Gasteiger partial charge in [-0.2, -0.15) is 0 Å². The summed E-state index contributed by atoms with van der Waals surface area (Å²) in [5.74, 6) is 0. The highest BCUT2D eigenvalue weighted by Crippen LogP contribution is 2.46. The lowest BCUT2D eigenvalue weighted by Crippen LogP contribution is -2.58. The van der Waals surface area contributed by atoms with Gasteiger partial charge in [0, 0.05) is 97.7 Å². The highest BCUT2D eigenvalue weighted by molar-refractivity contribution is 8.00. The van der Waals surface area contributed by atoms with E-state index in [9.17, 15) is 0 Å². The number of hydrogen-bond acceptors (Lipinski definition) is 4. The van der Waals surface area contributed by atoms with E-state index >= 15 is 0 Å². The van der Waals surface area contributed by atoms with Crippen LogP contribution < -0.4 is 42.6 Å². The molecule has 4 nitrogen and oxygen atoms in total. The molecule has 0 amide bonds. The van der Waals surface area contributed by atoms with Crippen molar-refractivity contribution in [2.24, 2.45) is 0 Å². The van der Waals surface area contributed by atoms with Gasteiger partial charge in [-0.15, -0.1) is 0 Å². The Morgan fingerprint density at radius 3 is 1.05 bits per heavy atom. The molecule has 2 aromatic heterocycles. The predicted octanol–water partition coefficient (Wildman–Crippen LogP) is 14.6. The van der Waals surface area contributed by atoms with Crippen LogP contribution in [0.1, 0.15) is 22.3 Å². The van der Waals surface area contributed by atoms with Crippen LogP contribution in [0.25, 0.3) is 55.0 Å². The van der Waals surface area contributed by atoms with Gasteiger partial charge >= 0.3 is 0 Å². The van der Waals surface area contributed by atoms with E-state index in [2.05, 4.69) is 265 Å². The molecule has 78 heavy (non-hydrogen) atoms. The Kier molecular flexibility index (Phi) is 9.42. The Balaban J connectivity index is 0.828. The summed E-state index contributed by atoms with van der Waals surface area (Å²) in [6, 6.07) is 83.3. The summed E-state index contributed by atoms with van der Waals surface area (Å²) in [6.45, 7) is 8.83. The molecule has 0 atom stereocenters. The first-order chi connectivity index (χ1) is 38.3. The molecule has 17 rings (SSSR count). The Hall–Kier alpha value is -8.55. The number of aromatic nitrogens is 2. The maximum absolute atomic E-state index is 2.61. The van der Waals surface area contributed by atoms with E-state index in [4.69, 9.17) is 0 Å². The molecular formula is C70H48B2N4S2. The van der Waals surface area contributed by atoms with Gasteiger partial charge in [-0.1, -0.05) is 166 Å². The van der Waals surface area contributed by atoms with E-state index < -0.39 is 0 Å². The van der Waals surface area contributed by atoms with E-state index in [1.807, 2.05) is 23.5 Å². The molecule has 0 saturated heterocycles. The SMILES string of the molecule is Cc1ccc(N(c2ccc(C)cc2)c2ccc3c(c2)Sc2cccc4c2B3c2cccc3c5cc6c7cccc8c7n(c6cc5n-4c23)-c2cccc3c2B8c2ccc(N(c4ccc(C)cc4)c4ccc(C)cc4)cc2S3)cc1. The van der Waals surface area contributed by atoms with Crippen molar-refractivity contribution < 1.29 is 0 Å². The molecule has 8 heteroatoms. The Morgan fingerprint density at radius 2 is 0.667 bits per heavy atom. The van der Waals surface area contributed by atoms with Crippen LogP contribution in [0.4, 0.5) is 34.1 Å².